The van der Waals surface area contributed by atoms with Crippen LogP contribution in [0.4, 0.5) is 13.2 Å². The van der Waals surface area contributed by atoms with Crippen LogP contribution in [0.5, 0.6) is 0 Å². The number of likely N-dealkylation sites (N-methyl/N-ethyl adjacent to an activating group) is 1. The number of rotatable bonds is 4. The molecule has 0 aliphatic carbocycles. The van der Waals surface area contributed by atoms with E-state index in [1.807, 2.05) is 38.6 Å². The molecule has 116 valence electrons. The zero-order valence-electron chi connectivity index (χ0n) is 12.8. The molecule has 0 aliphatic rings. The first-order valence-corrected chi connectivity index (χ1v) is 7.12. The minimum atomic E-state index is -4.31. The Balaban J connectivity index is 2.60. The standard InChI is InChI=1S/C16H21F3N2/c1-10(2)21-9-12(7-11(3)20-4)14-8-13(16(17,18)19)5-6-15(14)21/h5-6,8-11,20H,7H2,1-4H3. The second-order valence-electron chi connectivity index (χ2n) is 5.78. The first-order valence-electron chi connectivity index (χ1n) is 7.12. The number of aromatic nitrogens is 1. The van der Waals surface area contributed by atoms with Gasteiger partial charge in [-0.2, -0.15) is 13.2 Å². The smallest absolute Gasteiger partial charge is 0.345 e. The zero-order chi connectivity index (χ0) is 15.8. The SMILES string of the molecule is CNC(C)Cc1cn(C(C)C)c2ccc(C(F)(F)F)cc12. The summed E-state index contributed by atoms with van der Waals surface area (Å²) in [6, 6.07) is 4.43. The first kappa shape index (κ1) is 15.9. The van der Waals surface area contributed by atoms with E-state index < -0.39 is 11.7 Å². The maximum atomic E-state index is 12.9. The summed E-state index contributed by atoms with van der Waals surface area (Å²) in [5.74, 6) is 0. The van der Waals surface area contributed by atoms with Crippen molar-refractivity contribution in [1.82, 2.24) is 9.88 Å². The number of fused-ring (bicyclic) bond motifs is 1. The molecule has 1 aromatic carbocycles. The van der Waals surface area contributed by atoms with Crippen LogP contribution in [-0.4, -0.2) is 17.7 Å². The van der Waals surface area contributed by atoms with Gasteiger partial charge < -0.3 is 9.88 Å². The van der Waals surface area contributed by atoms with E-state index in [0.717, 1.165) is 17.1 Å². The highest BCUT2D eigenvalue weighted by molar-refractivity contribution is 5.85. The van der Waals surface area contributed by atoms with Gasteiger partial charge in [-0.15, -0.1) is 0 Å². The molecule has 2 aromatic rings. The molecule has 0 saturated carbocycles. The Morgan fingerprint density at radius 1 is 1.19 bits per heavy atom. The molecule has 0 saturated heterocycles. The van der Waals surface area contributed by atoms with Crippen LogP contribution in [0.1, 0.15) is 37.9 Å². The minimum Gasteiger partial charge on any atom is -0.345 e. The van der Waals surface area contributed by atoms with E-state index in [1.54, 1.807) is 6.07 Å². The topological polar surface area (TPSA) is 17.0 Å². The van der Waals surface area contributed by atoms with Crippen molar-refractivity contribution in [3.63, 3.8) is 0 Å². The van der Waals surface area contributed by atoms with Crippen LogP contribution >= 0.6 is 0 Å². The molecule has 0 fully saturated rings. The highest BCUT2D eigenvalue weighted by atomic mass is 19.4. The fourth-order valence-corrected chi connectivity index (χ4v) is 2.52. The Kier molecular flexibility index (Phi) is 4.33. The van der Waals surface area contributed by atoms with Gasteiger partial charge in [0.1, 0.15) is 0 Å². The first-order chi connectivity index (χ1) is 9.74. The Bertz CT molecular complexity index is 626. The van der Waals surface area contributed by atoms with Gasteiger partial charge in [0.25, 0.3) is 0 Å². The third kappa shape index (κ3) is 3.23. The molecule has 0 spiro atoms. The second-order valence-corrected chi connectivity index (χ2v) is 5.78. The lowest BCUT2D eigenvalue weighted by molar-refractivity contribution is -0.137. The van der Waals surface area contributed by atoms with Crippen molar-refractivity contribution in [3.8, 4) is 0 Å². The molecule has 5 heteroatoms. The third-order valence-corrected chi connectivity index (χ3v) is 3.82. The van der Waals surface area contributed by atoms with Gasteiger partial charge >= 0.3 is 6.18 Å². The van der Waals surface area contributed by atoms with Gasteiger partial charge in [0.2, 0.25) is 0 Å². The highest BCUT2D eigenvalue weighted by Gasteiger charge is 2.31. The van der Waals surface area contributed by atoms with Crippen LogP contribution in [0.15, 0.2) is 24.4 Å². The van der Waals surface area contributed by atoms with E-state index in [-0.39, 0.29) is 12.1 Å². The van der Waals surface area contributed by atoms with Crippen molar-refractivity contribution in [3.05, 3.63) is 35.5 Å². The van der Waals surface area contributed by atoms with Gasteiger partial charge in [-0.05, 0) is 58.0 Å². The van der Waals surface area contributed by atoms with Crippen LogP contribution in [0, 0.1) is 0 Å². The van der Waals surface area contributed by atoms with E-state index in [2.05, 4.69) is 5.32 Å². The summed E-state index contributed by atoms with van der Waals surface area (Å²) in [5.41, 5.74) is 1.22. The van der Waals surface area contributed by atoms with Crippen molar-refractivity contribution in [2.45, 2.75) is 45.5 Å². The summed E-state index contributed by atoms with van der Waals surface area (Å²) in [6.07, 6.45) is -1.63. The Morgan fingerprint density at radius 2 is 1.86 bits per heavy atom. The lowest BCUT2D eigenvalue weighted by Gasteiger charge is -2.10. The maximum absolute atomic E-state index is 12.9. The summed E-state index contributed by atoms with van der Waals surface area (Å²) >= 11 is 0. The van der Waals surface area contributed by atoms with Crippen LogP contribution in [0.2, 0.25) is 0 Å². The van der Waals surface area contributed by atoms with Crippen LogP contribution in [0.25, 0.3) is 10.9 Å². The predicted molar refractivity (Wildman–Crippen MR) is 79.6 cm³/mol. The highest BCUT2D eigenvalue weighted by Crippen LogP contribution is 2.34. The number of hydrogen-bond acceptors (Lipinski definition) is 1. The molecular weight excluding hydrogens is 277 g/mol. The molecule has 2 nitrogen and oxygen atoms in total. The molecule has 0 amide bonds. The molecular formula is C16H21F3N2. The molecule has 1 heterocycles. The molecule has 1 N–H and O–H groups in total. The lowest BCUT2D eigenvalue weighted by Crippen LogP contribution is -2.23. The van der Waals surface area contributed by atoms with Crippen molar-refractivity contribution < 1.29 is 13.2 Å². The number of hydrogen-bond donors (Lipinski definition) is 1. The van der Waals surface area contributed by atoms with E-state index in [4.69, 9.17) is 0 Å². The monoisotopic (exact) mass is 298 g/mol. The summed E-state index contributed by atoms with van der Waals surface area (Å²) in [7, 11) is 1.85. The average Bonchev–Trinajstić information content (AvgIpc) is 2.76. The van der Waals surface area contributed by atoms with E-state index >= 15 is 0 Å². The van der Waals surface area contributed by atoms with Crippen molar-refractivity contribution >= 4 is 10.9 Å². The maximum Gasteiger partial charge on any atom is 0.416 e. The summed E-state index contributed by atoms with van der Waals surface area (Å²) in [4.78, 5) is 0. The van der Waals surface area contributed by atoms with Gasteiger partial charge in [-0.1, -0.05) is 0 Å². The molecule has 1 atom stereocenters. The summed E-state index contributed by atoms with van der Waals surface area (Å²) in [6.45, 7) is 6.08. The van der Waals surface area contributed by atoms with Gasteiger partial charge in [-0.25, -0.2) is 0 Å². The third-order valence-electron chi connectivity index (χ3n) is 3.82. The molecule has 0 radical (unpaired) electrons. The Hall–Kier alpha value is -1.49. The van der Waals surface area contributed by atoms with Gasteiger partial charge in [0.15, 0.2) is 0 Å². The Morgan fingerprint density at radius 3 is 2.38 bits per heavy atom. The van der Waals surface area contributed by atoms with Crippen LogP contribution in [-0.2, 0) is 12.6 Å². The van der Waals surface area contributed by atoms with Crippen molar-refractivity contribution in [2.75, 3.05) is 7.05 Å². The number of alkyl halides is 3. The van der Waals surface area contributed by atoms with Gasteiger partial charge in [0.05, 0.1) is 5.56 Å². The molecule has 1 unspecified atom stereocenters. The van der Waals surface area contributed by atoms with E-state index in [0.29, 0.717) is 11.8 Å². The fourth-order valence-electron chi connectivity index (χ4n) is 2.52. The normalized spacial score (nSPS) is 14.1. The molecule has 21 heavy (non-hydrogen) atoms. The molecule has 1 aromatic heterocycles. The molecule has 0 aliphatic heterocycles. The summed E-state index contributed by atoms with van der Waals surface area (Å²) in [5, 5.41) is 3.82. The van der Waals surface area contributed by atoms with Gasteiger partial charge in [-0.3, -0.25) is 0 Å². The quantitative estimate of drug-likeness (QED) is 0.885. The molecule has 2 rings (SSSR count). The lowest BCUT2D eigenvalue weighted by atomic mass is 10.0. The zero-order valence-corrected chi connectivity index (χ0v) is 12.8. The van der Waals surface area contributed by atoms with Crippen LogP contribution in [0.3, 0.4) is 0 Å². The van der Waals surface area contributed by atoms with Crippen LogP contribution < -0.4 is 5.32 Å². The average molecular weight is 298 g/mol. The molecule has 0 bridgehead atoms. The number of halogens is 3. The second kappa shape index (κ2) is 5.72. The largest absolute Gasteiger partial charge is 0.416 e. The van der Waals surface area contributed by atoms with Crippen molar-refractivity contribution in [2.24, 2.45) is 0 Å². The number of benzene rings is 1. The van der Waals surface area contributed by atoms with E-state index in [9.17, 15) is 13.2 Å². The fraction of sp³-hybridized carbons (Fsp3) is 0.500. The number of nitrogens with zero attached hydrogens (tertiary/aromatic N) is 1. The van der Waals surface area contributed by atoms with E-state index in [1.165, 1.54) is 6.07 Å². The predicted octanol–water partition coefficient (Wildman–Crippen LogP) is 4.39. The van der Waals surface area contributed by atoms with Gasteiger partial charge in [0, 0.05) is 29.2 Å². The number of nitrogens with one attached hydrogen (secondary N) is 1. The van der Waals surface area contributed by atoms with Crippen molar-refractivity contribution in [1.29, 1.82) is 0 Å². The minimum absolute atomic E-state index is 0.211. The summed E-state index contributed by atoms with van der Waals surface area (Å²) < 4.78 is 40.8. The Labute approximate surface area is 122 Å².